The van der Waals surface area contributed by atoms with Gasteiger partial charge in [0, 0.05) is 51.7 Å². The average Bonchev–Trinajstić information content (AvgIpc) is 3.15. The van der Waals surface area contributed by atoms with Crippen molar-refractivity contribution in [2.75, 3.05) is 46.6 Å². The molecule has 36 heavy (non-hydrogen) atoms. The van der Waals surface area contributed by atoms with Gasteiger partial charge in [0.15, 0.2) is 0 Å². The summed E-state index contributed by atoms with van der Waals surface area (Å²) in [5, 5.41) is 8.18. The molecule has 0 bridgehead atoms. The zero-order valence-corrected chi connectivity index (χ0v) is 21.1. The smallest absolute Gasteiger partial charge is 0.253 e. The number of rotatable bonds is 20. The number of carbonyl (C=O) groups is 6. The molecule has 0 aromatic heterocycles. The number of methoxy groups -OCH3 is 1. The van der Waals surface area contributed by atoms with E-state index in [0.717, 1.165) is 4.90 Å². The molecule has 12 heteroatoms. The molecule has 0 radical (unpaired) electrons. The van der Waals surface area contributed by atoms with Gasteiger partial charge in [-0.1, -0.05) is 0 Å². The van der Waals surface area contributed by atoms with Crippen molar-refractivity contribution in [1.82, 2.24) is 20.9 Å². The molecule has 0 fully saturated rings. The molecule has 3 N–H and O–H groups in total. The fraction of sp³-hybridized carbons (Fsp3) is 0.667. The highest BCUT2D eigenvalue weighted by Crippen LogP contribution is 2.07. The van der Waals surface area contributed by atoms with E-state index in [2.05, 4.69) is 16.0 Å². The molecule has 1 heterocycles. The number of Topliss-reactive ketones (excluding diaryl/α,β-unsaturated/α-hetero) is 1. The first-order chi connectivity index (χ1) is 17.2. The van der Waals surface area contributed by atoms with Gasteiger partial charge in [0.05, 0.1) is 13.2 Å². The second kappa shape index (κ2) is 18.2. The summed E-state index contributed by atoms with van der Waals surface area (Å²) in [7, 11) is 1.54. The fourth-order valence-corrected chi connectivity index (χ4v) is 3.32. The molecule has 0 aromatic rings. The first-order valence-corrected chi connectivity index (χ1v) is 12.2. The highest BCUT2D eigenvalue weighted by molar-refractivity contribution is 6.12. The van der Waals surface area contributed by atoms with E-state index in [-0.39, 0.29) is 49.5 Å². The lowest BCUT2D eigenvalue weighted by molar-refractivity contribution is -0.137. The predicted octanol–water partition coefficient (Wildman–Crippen LogP) is -0.389. The van der Waals surface area contributed by atoms with Crippen LogP contribution < -0.4 is 16.0 Å². The predicted molar refractivity (Wildman–Crippen MR) is 130 cm³/mol. The maximum Gasteiger partial charge on any atom is 0.253 e. The Kier molecular flexibility index (Phi) is 15.6. The van der Waals surface area contributed by atoms with Gasteiger partial charge in [0.25, 0.3) is 11.8 Å². The summed E-state index contributed by atoms with van der Waals surface area (Å²) >= 11 is 0. The zero-order chi connectivity index (χ0) is 26.8. The summed E-state index contributed by atoms with van der Waals surface area (Å²) < 4.78 is 9.98. The Morgan fingerprint density at radius 1 is 0.889 bits per heavy atom. The minimum absolute atomic E-state index is 0.0328. The summed E-state index contributed by atoms with van der Waals surface area (Å²) in [6.07, 6.45) is 5.08. The number of amides is 5. The summed E-state index contributed by atoms with van der Waals surface area (Å²) in [4.78, 5) is 72.1. The van der Waals surface area contributed by atoms with Crippen LogP contribution >= 0.6 is 0 Å². The summed E-state index contributed by atoms with van der Waals surface area (Å²) in [5.74, 6) is -1.74. The zero-order valence-electron chi connectivity index (χ0n) is 21.1. The Morgan fingerprint density at radius 3 is 2.25 bits per heavy atom. The molecular formula is C24H38N4O8. The normalized spacial score (nSPS) is 13.6. The van der Waals surface area contributed by atoms with Gasteiger partial charge >= 0.3 is 0 Å². The topological polar surface area (TPSA) is 160 Å². The lowest BCUT2D eigenvalue weighted by Gasteiger charge is -2.19. The van der Waals surface area contributed by atoms with Crippen molar-refractivity contribution in [3.63, 3.8) is 0 Å². The molecule has 1 rings (SSSR count). The van der Waals surface area contributed by atoms with Gasteiger partial charge in [-0.3, -0.25) is 28.9 Å². The Labute approximate surface area is 211 Å². The van der Waals surface area contributed by atoms with Crippen molar-refractivity contribution in [1.29, 1.82) is 0 Å². The number of hydrogen-bond donors (Lipinski definition) is 3. The molecular weight excluding hydrogens is 472 g/mol. The molecule has 1 aliphatic heterocycles. The highest BCUT2D eigenvalue weighted by Gasteiger charge is 2.24. The molecule has 1 aliphatic rings. The first-order valence-electron chi connectivity index (χ1n) is 12.2. The number of imide groups is 1. The van der Waals surface area contributed by atoms with Gasteiger partial charge in [-0.15, -0.1) is 0 Å². The van der Waals surface area contributed by atoms with E-state index in [1.807, 2.05) is 0 Å². The Balaban J connectivity index is 2.42. The molecule has 12 nitrogen and oxygen atoms in total. The van der Waals surface area contributed by atoms with E-state index in [9.17, 15) is 28.8 Å². The molecule has 0 saturated carbocycles. The quantitative estimate of drug-likeness (QED) is 0.147. The van der Waals surface area contributed by atoms with Gasteiger partial charge in [0.2, 0.25) is 17.7 Å². The summed E-state index contributed by atoms with van der Waals surface area (Å²) in [5.41, 5.74) is 0. The van der Waals surface area contributed by atoms with E-state index in [0.29, 0.717) is 58.4 Å². The average molecular weight is 511 g/mol. The van der Waals surface area contributed by atoms with Crippen molar-refractivity contribution >= 4 is 35.3 Å². The van der Waals surface area contributed by atoms with Crippen LogP contribution in [0.3, 0.4) is 0 Å². The number of nitrogens with zero attached hydrogens (tertiary/aromatic N) is 1. The van der Waals surface area contributed by atoms with Gasteiger partial charge in [-0.25, -0.2) is 0 Å². The third kappa shape index (κ3) is 13.7. The van der Waals surface area contributed by atoms with Crippen LogP contribution in [0.15, 0.2) is 12.2 Å². The Hall–Kier alpha value is -3.12. The molecule has 0 aromatic carbocycles. The standard InChI is InChI=1S/C24H38N4O8/c1-18(29)7-5-13-26-24(34)19(8-3-4-12-25-21(31)17-36-16-15-35-2)27-20(30)9-6-14-28-22(32)10-11-23(28)33/h10-11,19H,3-9,12-17H2,1-2H3,(H,25,31)(H,26,34)(H,27,30)/t19-/m0/s1. The minimum Gasteiger partial charge on any atom is -0.382 e. The monoisotopic (exact) mass is 510 g/mol. The molecule has 0 aliphatic carbocycles. The van der Waals surface area contributed by atoms with Crippen LogP contribution in [0.25, 0.3) is 0 Å². The van der Waals surface area contributed by atoms with E-state index >= 15 is 0 Å². The van der Waals surface area contributed by atoms with Crippen LogP contribution in [0.4, 0.5) is 0 Å². The highest BCUT2D eigenvalue weighted by atomic mass is 16.5. The van der Waals surface area contributed by atoms with Crippen LogP contribution in [-0.4, -0.2) is 92.8 Å². The number of hydrogen-bond acceptors (Lipinski definition) is 8. The van der Waals surface area contributed by atoms with Crippen molar-refractivity contribution < 1.29 is 38.2 Å². The number of unbranched alkanes of at least 4 members (excludes halogenated alkanes) is 1. The minimum atomic E-state index is -0.778. The summed E-state index contributed by atoms with van der Waals surface area (Å²) in [6.45, 7) is 2.99. The van der Waals surface area contributed by atoms with Gasteiger partial charge in [-0.2, -0.15) is 0 Å². The maximum absolute atomic E-state index is 12.6. The van der Waals surface area contributed by atoms with Crippen LogP contribution in [0.5, 0.6) is 0 Å². The van der Waals surface area contributed by atoms with Crippen molar-refractivity contribution in [2.24, 2.45) is 0 Å². The third-order valence-electron chi connectivity index (χ3n) is 5.25. The molecule has 0 spiro atoms. The van der Waals surface area contributed by atoms with Crippen LogP contribution in [0, 0.1) is 0 Å². The van der Waals surface area contributed by atoms with E-state index in [1.165, 1.54) is 19.1 Å². The van der Waals surface area contributed by atoms with Crippen LogP contribution in [-0.2, 0) is 38.2 Å². The van der Waals surface area contributed by atoms with Crippen molar-refractivity contribution in [2.45, 2.75) is 57.9 Å². The SMILES string of the molecule is COCCOCC(=O)NCCCC[C@H](NC(=O)CCCN1C(=O)C=CC1=O)C(=O)NCCCC(C)=O. The lowest BCUT2D eigenvalue weighted by atomic mass is 10.1. The number of ether oxygens (including phenoxy) is 2. The Morgan fingerprint density at radius 2 is 1.58 bits per heavy atom. The molecule has 202 valence electrons. The second-order valence-corrected chi connectivity index (χ2v) is 8.37. The van der Waals surface area contributed by atoms with Crippen molar-refractivity contribution in [3.05, 3.63) is 12.2 Å². The van der Waals surface area contributed by atoms with E-state index in [4.69, 9.17) is 9.47 Å². The molecule has 5 amide bonds. The van der Waals surface area contributed by atoms with E-state index < -0.39 is 17.9 Å². The van der Waals surface area contributed by atoms with Gasteiger partial charge < -0.3 is 30.2 Å². The van der Waals surface area contributed by atoms with Gasteiger partial charge in [0.1, 0.15) is 18.4 Å². The fourth-order valence-electron chi connectivity index (χ4n) is 3.32. The van der Waals surface area contributed by atoms with Gasteiger partial charge in [-0.05, 0) is 39.0 Å². The lowest BCUT2D eigenvalue weighted by Crippen LogP contribution is -2.47. The van der Waals surface area contributed by atoms with Crippen LogP contribution in [0.1, 0.15) is 51.9 Å². The van der Waals surface area contributed by atoms with Crippen LogP contribution in [0.2, 0.25) is 0 Å². The second-order valence-electron chi connectivity index (χ2n) is 8.37. The summed E-state index contributed by atoms with van der Waals surface area (Å²) in [6, 6.07) is -0.778. The molecule has 1 atom stereocenters. The van der Waals surface area contributed by atoms with Crippen molar-refractivity contribution in [3.8, 4) is 0 Å². The van der Waals surface area contributed by atoms with E-state index in [1.54, 1.807) is 7.11 Å². The first kappa shape index (κ1) is 30.9. The largest absolute Gasteiger partial charge is 0.382 e. The number of ketones is 1. The molecule has 0 saturated heterocycles. The number of carbonyl (C=O) groups excluding carboxylic acids is 6. The maximum atomic E-state index is 12.6. The Bertz CT molecular complexity index is 781. The third-order valence-corrected chi connectivity index (χ3v) is 5.25. The number of nitrogens with one attached hydrogen (secondary N) is 3. The molecule has 0 unspecified atom stereocenters.